The number of aldehydes is 1. The molecule has 0 aliphatic heterocycles. The summed E-state index contributed by atoms with van der Waals surface area (Å²) in [4.78, 5) is 10.6. The van der Waals surface area contributed by atoms with E-state index < -0.39 is 5.82 Å². The lowest BCUT2D eigenvalue weighted by Crippen LogP contribution is -1.86. The second-order valence-electron chi connectivity index (χ2n) is 2.85. The Morgan fingerprint density at radius 2 is 2.23 bits per heavy atom. The number of benzene rings is 1. The maximum Gasteiger partial charge on any atom is 0.153 e. The molecule has 0 amide bonds. The number of carbonyl (C=O) groups is 1. The van der Waals surface area contributed by atoms with Crippen molar-refractivity contribution in [2.24, 2.45) is 0 Å². The SMILES string of the molecule is Cc1cc2c(C=O)c(F)ccc2o1. The third-order valence-electron chi connectivity index (χ3n) is 1.93. The molecule has 0 unspecified atom stereocenters. The molecule has 2 rings (SSSR count). The number of halogens is 1. The van der Waals surface area contributed by atoms with E-state index in [1.54, 1.807) is 13.0 Å². The summed E-state index contributed by atoms with van der Waals surface area (Å²) in [6.45, 7) is 1.76. The van der Waals surface area contributed by atoms with Crippen molar-refractivity contribution < 1.29 is 13.6 Å². The number of carbonyl (C=O) groups excluding carboxylic acids is 1. The molecular formula is C10H7FO2. The summed E-state index contributed by atoms with van der Waals surface area (Å²) in [5.41, 5.74) is 0.607. The van der Waals surface area contributed by atoms with E-state index in [0.29, 0.717) is 23.0 Å². The van der Waals surface area contributed by atoms with E-state index in [9.17, 15) is 9.18 Å². The zero-order valence-electron chi connectivity index (χ0n) is 7.00. The monoisotopic (exact) mass is 178 g/mol. The van der Waals surface area contributed by atoms with Gasteiger partial charge in [-0.25, -0.2) is 4.39 Å². The van der Waals surface area contributed by atoms with Gasteiger partial charge in [0.15, 0.2) is 6.29 Å². The fourth-order valence-corrected chi connectivity index (χ4v) is 1.35. The average molecular weight is 178 g/mol. The highest BCUT2D eigenvalue weighted by atomic mass is 19.1. The number of furan rings is 1. The molecule has 66 valence electrons. The first-order valence-corrected chi connectivity index (χ1v) is 3.86. The number of rotatable bonds is 1. The van der Waals surface area contributed by atoms with Crippen molar-refractivity contribution >= 4 is 17.3 Å². The first-order chi connectivity index (χ1) is 6.22. The highest BCUT2D eigenvalue weighted by molar-refractivity contribution is 5.96. The Morgan fingerprint density at radius 3 is 2.92 bits per heavy atom. The summed E-state index contributed by atoms with van der Waals surface area (Å²) in [7, 11) is 0. The minimum Gasteiger partial charge on any atom is -0.461 e. The van der Waals surface area contributed by atoms with E-state index in [1.807, 2.05) is 0 Å². The molecule has 0 aliphatic rings. The zero-order chi connectivity index (χ0) is 9.42. The van der Waals surface area contributed by atoms with Gasteiger partial charge in [-0.2, -0.15) is 0 Å². The van der Waals surface area contributed by atoms with E-state index in [1.165, 1.54) is 12.1 Å². The van der Waals surface area contributed by atoms with E-state index >= 15 is 0 Å². The summed E-state index contributed by atoms with van der Waals surface area (Å²) in [6.07, 6.45) is 0.507. The van der Waals surface area contributed by atoms with Crippen LogP contribution in [0, 0.1) is 12.7 Å². The molecule has 1 aromatic carbocycles. The second-order valence-corrected chi connectivity index (χ2v) is 2.85. The third kappa shape index (κ3) is 1.13. The van der Waals surface area contributed by atoms with Crippen LogP contribution < -0.4 is 0 Å². The first kappa shape index (κ1) is 7.98. The Morgan fingerprint density at radius 1 is 1.46 bits per heavy atom. The van der Waals surface area contributed by atoms with E-state index in [0.717, 1.165) is 0 Å². The lowest BCUT2D eigenvalue weighted by molar-refractivity contribution is 0.112. The lowest BCUT2D eigenvalue weighted by atomic mass is 10.1. The minimum absolute atomic E-state index is 0.0642. The van der Waals surface area contributed by atoms with Crippen LogP contribution >= 0.6 is 0 Å². The Kier molecular flexibility index (Phi) is 1.65. The van der Waals surface area contributed by atoms with Crippen LogP contribution in [0.2, 0.25) is 0 Å². The van der Waals surface area contributed by atoms with Crippen LogP contribution in [0.4, 0.5) is 4.39 Å². The first-order valence-electron chi connectivity index (χ1n) is 3.86. The molecule has 3 heteroatoms. The summed E-state index contributed by atoms with van der Waals surface area (Å²) in [5, 5.41) is 0.535. The molecule has 0 aliphatic carbocycles. The Balaban J connectivity index is 2.90. The van der Waals surface area contributed by atoms with Crippen molar-refractivity contribution in [1.29, 1.82) is 0 Å². The molecule has 2 aromatic rings. The molecule has 0 saturated carbocycles. The quantitative estimate of drug-likeness (QED) is 0.628. The van der Waals surface area contributed by atoms with Crippen molar-refractivity contribution in [3.63, 3.8) is 0 Å². The molecule has 0 fully saturated rings. The Bertz CT molecular complexity index is 471. The zero-order valence-corrected chi connectivity index (χ0v) is 7.00. The molecule has 0 saturated heterocycles. The number of hydrogen-bond acceptors (Lipinski definition) is 2. The van der Waals surface area contributed by atoms with Crippen LogP contribution in [0.25, 0.3) is 11.0 Å². The maximum atomic E-state index is 13.1. The normalized spacial score (nSPS) is 10.6. The summed E-state index contributed by atoms with van der Waals surface area (Å²) in [5.74, 6) is 0.159. The van der Waals surface area contributed by atoms with Crippen molar-refractivity contribution in [3.05, 3.63) is 35.3 Å². The fraction of sp³-hybridized carbons (Fsp3) is 0.100. The summed E-state index contributed by atoms with van der Waals surface area (Å²) >= 11 is 0. The van der Waals surface area contributed by atoms with Gasteiger partial charge in [0.25, 0.3) is 0 Å². The van der Waals surface area contributed by atoms with Gasteiger partial charge in [0, 0.05) is 5.39 Å². The van der Waals surface area contributed by atoms with Crippen LogP contribution in [0.3, 0.4) is 0 Å². The van der Waals surface area contributed by atoms with Crippen molar-refractivity contribution in [2.45, 2.75) is 6.92 Å². The molecular weight excluding hydrogens is 171 g/mol. The molecule has 0 bridgehead atoms. The molecule has 1 heterocycles. The third-order valence-corrected chi connectivity index (χ3v) is 1.93. The average Bonchev–Trinajstić information content (AvgIpc) is 2.45. The Labute approximate surface area is 74.0 Å². The van der Waals surface area contributed by atoms with Crippen LogP contribution in [0.5, 0.6) is 0 Å². The topological polar surface area (TPSA) is 30.2 Å². The molecule has 2 nitrogen and oxygen atoms in total. The van der Waals surface area contributed by atoms with E-state index in [-0.39, 0.29) is 5.56 Å². The van der Waals surface area contributed by atoms with Gasteiger partial charge in [-0.05, 0) is 25.1 Å². The van der Waals surface area contributed by atoms with Gasteiger partial charge < -0.3 is 4.42 Å². The van der Waals surface area contributed by atoms with E-state index in [2.05, 4.69) is 0 Å². The van der Waals surface area contributed by atoms with Crippen molar-refractivity contribution in [3.8, 4) is 0 Å². The van der Waals surface area contributed by atoms with Gasteiger partial charge in [0.2, 0.25) is 0 Å². The van der Waals surface area contributed by atoms with Crippen molar-refractivity contribution in [1.82, 2.24) is 0 Å². The molecule has 0 radical (unpaired) electrons. The number of fused-ring (bicyclic) bond motifs is 1. The molecule has 13 heavy (non-hydrogen) atoms. The molecule has 0 atom stereocenters. The van der Waals surface area contributed by atoms with Crippen LogP contribution in [0.1, 0.15) is 16.1 Å². The van der Waals surface area contributed by atoms with Gasteiger partial charge in [0.05, 0.1) is 5.56 Å². The standard InChI is InChI=1S/C10H7FO2/c1-6-4-7-8(5-12)9(11)2-3-10(7)13-6/h2-5H,1H3. The van der Waals surface area contributed by atoms with Crippen LogP contribution in [-0.2, 0) is 0 Å². The number of aryl methyl sites for hydroxylation is 1. The lowest BCUT2D eigenvalue weighted by Gasteiger charge is -1.93. The fourth-order valence-electron chi connectivity index (χ4n) is 1.35. The molecule has 0 N–H and O–H groups in total. The van der Waals surface area contributed by atoms with Crippen LogP contribution in [0.15, 0.2) is 22.6 Å². The van der Waals surface area contributed by atoms with Crippen molar-refractivity contribution in [2.75, 3.05) is 0 Å². The van der Waals surface area contributed by atoms with Gasteiger partial charge >= 0.3 is 0 Å². The smallest absolute Gasteiger partial charge is 0.153 e. The van der Waals surface area contributed by atoms with E-state index in [4.69, 9.17) is 4.42 Å². The molecule has 0 spiro atoms. The minimum atomic E-state index is -0.511. The predicted molar refractivity (Wildman–Crippen MR) is 46.3 cm³/mol. The summed E-state index contributed by atoms with van der Waals surface area (Å²) in [6, 6.07) is 4.40. The second kappa shape index (κ2) is 2.69. The predicted octanol–water partition coefficient (Wildman–Crippen LogP) is 2.69. The van der Waals surface area contributed by atoms with Gasteiger partial charge in [-0.15, -0.1) is 0 Å². The Hall–Kier alpha value is -1.64. The van der Waals surface area contributed by atoms with Gasteiger partial charge in [0.1, 0.15) is 17.2 Å². The van der Waals surface area contributed by atoms with Gasteiger partial charge in [-0.3, -0.25) is 4.79 Å². The highest BCUT2D eigenvalue weighted by Crippen LogP contribution is 2.23. The summed E-state index contributed by atoms with van der Waals surface area (Å²) < 4.78 is 18.3. The highest BCUT2D eigenvalue weighted by Gasteiger charge is 2.09. The number of hydrogen-bond donors (Lipinski definition) is 0. The largest absolute Gasteiger partial charge is 0.461 e. The van der Waals surface area contributed by atoms with Gasteiger partial charge in [-0.1, -0.05) is 0 Å². The maximum absolute atomic E-state index is 13.1. The molecule has 1 aromatic heterocycles. The van der Waals surface area contributed by atoms with Crippen LogP contribution in [-0.4, -0.2) is 6.29 Å².